The van der Waals surface area contributed by atoms with Crippen LogP contribution in [-0.4, -0.2) is 44.5 Å². The molecule has 2 heterocycles. The van der Waals surface area contributed by atoms with Gasteiger partial charge in [0.15, 0.2) is 15.7 Å². The Morgan fingerprint density at radius 2 is 1.93 bits per heavy atom. The number of anilines is 2. The Bertz CT molecular complexity index is 1020. The predicted molar refractivity (Wildman–Crippen MR) is 111 cm³/mol. The van der Waals surface area contributed by atoms with Crippen LogP contribution in [0.25, 0.3) is 0 Å². The number of hydrazone groups is 1. The Hall–Kier alpha value is -2.94. The number of hydrogen-bond acceptors (Lipinski definition) is 8. The molecular weight excluding hydrogens is 378 g/mol. The molecular formula is C19H23N5O3S. The summed E-state index contributed by atoms with van der Waals surface area (Å²) in [5, 5.41) is 10.4. The lowest BCUT2D eigenvalue weighted by Gasteiger charge is -2.22. The molecule has 0 radical (unpaired) electrons. The van der Waals surface area contributed by atoms with Crippen LogP contribution in [0.1, 0.15) is 26.5 Å². The minimum Gasteiger partial charge on any atom is -0.396 e. The van der Waals surface area contributed by atoms with Gasteiger partial charge in [-0.15, -0.1) is 0 Å². The number of sulfone groups is 1. The van der Waals surface area contributed by atoms with Gasteiger partial charge in [0.2, 0.25) is 0 Å². The van der Waals surface area contributed by atoms with Gasteiger partial charge in [0, 0.05) is 6.26 Å². The van der Waals surface area contributed by atoms with E-state index in [2.05, 4.69) is 15.2 Å². The second-order valence-corrected chi connectivity index (χ2v) is 8.32. The van der Waals surface area contributed by atoms with E-state index in [0.29, 0.717) is 36.3 Å². The smallest absolute Gasteiger partial charge is 0.179 e. The van der Waals surface area contributed by atoms with Crippen LogP contribution in [0.2, 0.25) is 0 Å². The van der Waals surface area contributed by atoms with Gasteiger partial charge in [-0.1, -0.05) is 23.4 Å². The van der Waals surface area contributed by atoms with E-state index in [1.165, 1.54) is 6.26 Å². The fourth-order valence-electron chi connectivity index (χ4n) is 2.78. The standard InChI is InChI=1S/C19H23N5O3S/c1-5-27-22-14(2)17-11-12-18(28(4,25)26)19(20-17)23-13-24(21-15(23)3)16-9-7-6-8-10-16/h6-12H,5,13H2,1-4H3. The van der Waals surface area contributed by atoms with Crippen LogP contribution in [0.5, 0.6) is 0 Å². The second-order valence-electron chi connectivity index (χ2n) is 6.34. The number of oxime groups is 1. The normalized spacial score (nSPS) is 15.0. The Labute approximate surface area is 165 Å². The number of para-hydroxylation sites is 1. The first-order valence-electron chi connectivity index (χ1n) is 8.84. The van der Waals surface area contributed by atoms with Crippen molar-refractivity contribution in [2.45, 2.75) is 25.7 Å². The number of pyridine rings is 1. The van der Waals surface area contributed by atoms with E-state index in [9.17, 15) is 8.42 Å². The fraction of sp³-hybridized carbons (Fsp3) is 0.316. The molecule has 3 rings (SSSR count). The molecule has 2 aromatic rings. The van der Waals surface area contributed by atoms with Crippen molar-refractivity contribution in [1.82, 2.24) is 4.98 Å². The molecule has 0 fully saturated rings. The maximum Gasteiger partial charge on any atom is 0.179 e. The first kappa shape index (κ1) is 19.8. The molecule has 1 aromatic carbocycles. The van der Waals surface area contributed by atoms with Gasteiger partial charge in [-0.3, -0.25) is 4.90 Å². The van der Waals surface area contributed by atoms with E-state index < -0.39 is 9.84 Å². The average Bonchev–Trinajstić information content (AvgIpc) is 3.07. The molecule has 0 saturated heterocycles. The lowest BCUT2D eigenvalue weighted by atomic mass is 10.2. The van der Waals surface area contributed by atoms with Crippen LogP contribution in [-0.2, 0) is 14.7 Å². The molecule has 148 valence electrons. The largest absolute Gasteiger partial charge is 0.396 e. The summed E-state index contributed by atoms with van der Waals surface area (Å²) >= 11 is 0. The van der Waals surface area contributed by atoms with Gasteiger partial charge in [0.05, 0.1) is 11.4 Å². The molecule has 28 heavy (non-hydrogen) atoms. The van der Waals surface area contributed by atoms with Crippen LogP contribution in [0, 0.1) is 0 Å². The Morgan fingerprint density at radius 3 is 2.57 bits per heavy atom. The van der Waals surface area contributed by atoms with Crippen molar-refractivity contribution in [1.29, 1.82) is 0 Å². The molecule has 0 saturated carbocycles. The van der Waals surface area contributed by atoms with Crippen molar-refractivity contribution < 1.29 is 13.3 Å². The van der Waals surface area contributed by atoms with Gasteiger partial charge in [0.1, 0.15) is 29.7 Å². The minimum atomic E-state index is -3.48. The summed E-state index contributed by atoms with van der Waals surface area (Å²) in [6.07, 6.45) is 1.17. The predicted octanol–water partition coefficient (Wildman–Crippen LogP) is 2.86. The zero-order valence-corrected chi connectivity index (χ0v) is 17.1. The Kier molecular flexibility index (Phi) is 5.64. The first-order chi connectivity index (χ1) is 13.3. The monoisotopic (exact) mass is 401 g/mol. The summed E-state index contributed by atoms with van der Waals surface area (Å²) in [5.41, 5.74) is 2.02. The first-order valence-corrected chi connectivity index (χ1v) is 10.7. The van der Waals surface area contributed by atoms with E-state index in [1.807, 2.05) is 44.2 Å². The van der Waals surface area contributed by atoms with Crippen LogP contribution in [0.15, 0.2) is 57.6 Å². The molecule has 0 unspecified atom stereocenters. The molecule has 0 bridgehead atoms. The van der Waals surface area contributed by atoms with Crippen LogP contribution >= 0.6 is 0 Å². The molecule has 0 aliphatic carbocycles. The number of amidine groups is 1. The summed E-state index contributed by atoms with van der Waals surface area (Å²) in [7, 11) is -3.48. The van der Waals surface area contributed by atoms with Gasteiger partial charge in [0.25, 0.3) is 0 Å². The van der Waals surface area contributed by atoms with Crippen molar-refractivity contribution >= 4 is 32.9 Å². The number of rotatable bonds is 6. The highest BCUT2D eigenvalue weighted by Gasteiger charge is 2.28. The SMILES string of the molecule is CCON=C(C)c1ccc(S(C)(=O)=O)c(N2CN(c3ccccc3)N=C2C)n1. The van der Waals surface area contributed by atoms with Crippen molar-refractivity contribution in [3.05, 3.63) is 48.2 Å². The Balaban J connectivity index is 2.03. The Morgan fingerprint density at radius 1 is 1.21 bits per heavy atom. The maximum atomic E-state index is 12.3. The summed E-state index contributed by atoms with van der Waals surface area (Å²) in [6, 6.07) is 12.9. The van der Waals surface area contributed by atoms with Gasteiger partial charge >= 0.3 is 0 Å². The van der Waals surface area contributed by atoms with Crippen molar-refractivity contribution in [3.8, 4) is 0 Å². The average molecular weight is 401 g/mol. The van der Waals surface area contributed by atoms with Crippen LogP contribution in [0.3, 0.4) is 0 Å². The molecule has 1 aliphatic rings. The lowest BCUT2D eigenvalue weighted by molar-refractivity contribution is 0.159. The van der Waals surface area contributed by atoms with Crippen molar-refractivity contribution in [2.75, 3.05) is 29.4 Å². The highest BCUT2D eigenvalue weighted by molar-refractivity contribution is 7.90. The van der Waals surface area contributed by atoms with Crippen LogP contribution < -0.4 is 9.91 Å². The highest BCUT2D eigenvalue weighted by Crippen LogP contribution is 2.29. The third kappa shape index (κ3) is 4.14. The summed E-state index contributed by atoms with van der Waals surface area (Å²) in [6.45, 7) is 6.23. The number of benzene rings is 1. The second kappa shape index (κ2) is 7.97. The van der Waals surface area contributed by atoms with Gasteiger partial charge in [-0.25, -0.2) is 18.4 Å². The summed E-state index contributed by atoms with van der Waals surface area (Å²) in [5.74, 6) is 0.975. The van der Waals surface area contributed by atoms with E-state index >= 15 is 0 Å². The number of aromatic nitrogens is 1. The lowest BCUT2D eigenvalue weighted by Crippen LogP contribution is -2.32. The maximum absolute atomic E-state index is 12.3. The number of nitrogens with zero attached hydrogens (tertiary/aromatic N) is 5. The minimum absolute atomic E-state index is 0.143. The molecule has 0 atom stereocenters. The van der Waals surface area contributed by atoms with E-state index in [0.717, 1.165) is 5.69 Å². The topological polar surface area (TPSA) is 87.5 Å². The molecule has 1 aliphatic heterocycles. The van der Waals surface area contributed by atoms with Gasteiger partial charge in [-0.2, -0.15) is 5.10 Å². The molecule has 9 heteroatoms. The number of hydrogen-bond donors (Lipinski definition) is 0. The van der Waals surface area contributed by atoms with Gasteiger partial charge < -0.3 is 4.84 Å². The highest BCUT2D eigenvalue weighted by atomic mass is 32.2. The zero-order chi connectivity index (χ0) is 20.3. The van der Waals surface area contributed by atoms with Crippen molar-refractivity contribution in [3.63, 3.8) is 0 Å². The third-order valence-corrected chi connectivity index (χ3v) is 5.30. The zero-order valence-electron chi connectivity index (χ0n) is 16.3. The van der Waals surface area contributed by atoms with E-state index in [1.54, 1.807) is 29.0 Å². The molecule has 1 aromatic heterocycles. The molecule has 0 spiro atoms. The van der Waals surface area contributed by atoms with E-state index in [-0.39, 0.29) is 4.90 Å². The molecule has 0 N–H and O–H groups in total. The quantitative estimate of drug-likeness (QED) is 0.546. The molecule has 0 amide bonds. The van der Waals surface area contributed by atoms with Crippen LogP contribution in [0.4, 0.5) is 11.5 Å². The van der Waals surface area contributed by atoms with E-state index in [4.69, 9.17) is 4.84 Å². The van der Waals surface area contributed by atoms with Gasteiger partial charge in [-0.05, 0) is 45.0 Å². The summed E-state index contributed by atoms with van der Waals surface area (Å²) < 4.78 is 24.7. The summed E-state index contributed by atoms with van der Waals surface area (Å²) in [4.78, 5) is 11.6. The third-order valence-electron chi connectivity index (χ3n) is 4.18. The van der Waals surface area contributed by atoms with Crippen molar-refractivity contribution in [2.24, 2.45) is 10.3 Å². The molecule has 8 nitrogen and oxygen atoms in total. The fourth-order valence-corrected chi connectivity index (χ4v) is 3.59.